The molecule has 290 valence electrons. The van der Waals surface area contributed by atoms with Crippen molar-refractivity contribution < 1.29 is 25.8 Å². The molecule has 0 unspecified atom stereocenters. The molecule has 0 bridgehead atoms. The van der Waals surface area contributed by atoms with E-state index in [-0.39, 0.29) is 21.1 Å². The number of hydrogen-bond acceptors (Lipinski definition) is 4. The summed E-state index contributed by atoms with van der Waals surface area (Å²) < 4.78 is 9.08. The van der Waals surface area contributed by atoms with Crippen LogP contribution in [0.2, 0.25) is 0 Å². The number of pyridine rings is 1. The third kappa shape index (κ3) is 5.61. The van der Waals surface area contributed by atoms with Crippen LogP contribution < -0.4 is 14.5 Å². The number of rotatable bonds is 5. The summed E-state index contributed by atoms with van der Waals surface area (Å²) in [4.78, 5) is 9.92. The Bertz CT molecular complexity index is 3500. The molecule has 3 heterocycles. The predicted octanol–water partition coefficient (Wildman–Crippen LogP) is 14.2. The maximum atomic E-state index is 6.79. The van der Waals surface area contributed by atoms with Crippen LogP contribution >= 0.6 is 0 Å². The van der Waals surface area contributed by atoms with Gasteiger partial charge in [0.15, 0.2) is 0 Å². The van der Waals surface area contributed by atoms with E-state index in [9.17, 15) is 0 Å². The average molecular weight is 951 g/mol. The van der Waals surface area contributed by atoms with Gasteiger partial charge in [-0.1, -0.05) is 121 Å². The summed E-state index contributed by atoms with van der Waals surface area (Å²) in [5, 5.41) is 10.5. The third-order valence-electron chi connectivity index (χ3n) is 11.8. The van der Waals surface area contributed by atoms with Crippen LogP contribution in [0.3, 0.4) is 0 Å². The third-order valence-corrected chi connectivity index (χ3v) is 11.8. The minimum absolute atomic E-state index is 0. The first-order valence-electron chi connectivity index (χ1n) is 20.0. The van der Waals surface area contributed by atoms with Gasteiger partial charge in [0.25, 0.3) is 0 Å². The van der Waals surface area contributed by atoms with E-state index >= 15 is 0 Å². The van der Waals surface area contributed by atoms with E-state index in [0.717, 1.165) is 66.8 Å². The van der Waals surface area contributed by atoms with Gasteiger partial charge in [-0.2, -0.15) is 12.1 Å². The van der Waals surface area contributed by atoms with Crippen molar-refractivity contribution in [3.63, 3.8) is 0 Å². The van der Waals surface area contributed by atoms with E-state index in [1.807, 2.05) is 18.2 Å². The molecule has 60 heavy (non-hydrogen) atoms. The maximum absolute atomic E-state index is 6.79. The Morgan fingerprint density at radius 3 is 2.05 bits per heavy atom. The monoisotopic (exact) mass is 950 g/mol. The summed E-state index contributed by atoms with van der Waals surface area (Å²) in [5.74, 6) is 2.12. The molecule has 1 aliphatic heterocycles. The molecule has 0 amide bonds. The Kier molecular flexibility index (Phi) is 8.51. The number of para-hydroxylation sites is 3. The molecular formula is C54H35N4OPt-3. The van der Waals surface area contributed by atoms with Crippen molar-refractivity contribution in [2.24, 2.45) is 0 Å². The van der Waals surface area contributed by atoms with Crippen LogP contribution in [-0.2, 0) is 21.1 Å². The number of benzene rings is 9. The number of aryl methyl sites for hydroxylation is 2. The second-order valence-corrected chi connectivity index (χ2v) is 15.4. The zero-order chi connectivity index (χ0) is 39.2. The first-order chi connectivity index (χ1) is 29.1. The molecule has 0 fully saturated rings. The van der Waals surface area contributed by atoms with Gasteiger partial charge in [-0.15, -0.1) is 47.6 Å². The molecule has 0 spiro atoms. The Balaban J connectivity index is 0.00000408. The van der Waals surface area contributed by atoms with Crippen molar-refractivity contribution >= 4 is 87.8 Å². The fourth-order valence-corrected chi connectivity index (χ4v) is 9.04. The Morgan fingerprint density at radius 2 is 1.25 bits per heavy atom. The van der Waals surface area contributed by atoms with E-state index in [2.05, 4.69) is 199 Å². The molecule has 0 atom stereocenters. The average Bonchev–Trinajstić information content (AvgIpc) is 3.81. The van der Waals surface area contributed by atoms with Crippen LogP contribution in [0.25, 0.3) is 70.8 Å². The van der Waals surface area contributed by atoms with Crippen molar-refractivity contribution in [1.29, 1.82) is 0 Å². The van der Waals surface area contributed by atoms with Crippen molar-refractivity contribution in [1.82, 2.24) is 9.55 Å². The molecule has 0 radical (unpaired) electrons. The quantitative estimate of drug-likeness (QED) is 0.127. The normalized spacial score (nSPS) is 12.6. The zero-order valence-electron chi connectivity index (χ0n) is 32.8. The van der Waals surface area contributed by atoms with E-state index in [0.29, 0.717) is 11.5 Å². The molecule has 12 rings (SSSR count). The van der Waals surface area contributed by atoms with E-state index in [1.54, 1.807) is 0 Å². The fourth-order valence-electron chi connectivity index (χ4n) is 9.04. The largest absolute Gasteiger partial charge is 0.509 e. The van der Waals surface area contributed by atoms with Gasteiger partial charge >= 0.3 is 0 Å². The van der Waals surface area contributed by atoms with Crippen LogP contribution in [0, 0.1) is 32.6 Å². The Labute approximate surface area is 361 Å². The second kappa shape index (κ2) is 14.1. The number of fused-ring (bicyclic) bond motifs is 11. The van der Waals surface area contributed by atoms with E-state index in [4.69, 9.17) is 9.72 Å². The van der Waals surface area contributed by atoms with Gasteiger partial charge in [-0.3, -0.25) is 0 Å². The first-order valence-corrected chi connectivity index (χ1v) is 20.0. The van der Waals surface area contributed by atoms with Crippen LogP contribution in [-0.4, -0.2) is 9.55 Å². The summed E-state index contributed by atoms with van der Waals surface area (Å²) in [6, 6.07) is 67.3. The molecule has 0 aliphatic carbocycles. The smallest absolute Gasteiger partial charge is 0.144 e. The summed E-state index contributed by atoms with van der Waals surface area (Å²) in [5.41, 5.74) is 9.25. The summed E-state index contributed by atoms with van der Waals surface area (Å²) in [6.07, 6.45) is 0. The number of anilines is 4. The van der Waals surface area contributed by atoms with E-state index in [1.165, 1.54) is 37.9 Å². The summed E-state index contributed by atoms with van der Waals surface area (Å²) in [7, 11) is 0. The molecule has 0 saturated heterocycles. The van der Waals surface area contributed by atoms with Crippen molar-refractivity contribution in [2.45, 2.75) is 13.8 Å². The van der Waals surface area contributed by atoms with Gasteiger partial charge in [0.1, 0.15) is 5.82 Å². The molecule has 9 aromatic carbocycles. The second-order valence-electron chi connectivity index (χ2n) is 15.4. The molecule has 11 aromatic rings. The molecule has 6 heteroatoms. The molecule has 1 aliphatic rings. The Hall–Kier alpha value is -6.94. The van der Waals surface area contributed by atoms with Gasteiger partial charge in [-0.05, 0) is 76.3 Å². The molecule has 2 aromatic heterocycles. The number of ether oxygens (including phenoxy) is 1. The van der Waals surface area contributed by atoms with Crippen LogP contribution in [0.4, 0.5) is 22.7 Å². The molecular weight excluding hydrogens is 916 g/mol. The number of aromatic nitrogens is 2. The SMILES string of the molecule is Cc1ccc2c(c1)c1cc(C)c(Oc3[c-]c(N4[CH-]N(c5ccccc5)c5ccccc54)ccc3)[c-]c1n2-c1nc2ccc3ccccc3c2c2c1ccc1ccccc12.[Pt]. The molecule has 0 saturated carbocycles. The van der Waals surface area contributed by atoms with Gasteiger partial charge in [0.2, 0.25) is 0 Å². The van der Waals surface area contributed by atoms with Gasteiger partial charge < -0.3 is 19.1 Å². The van der Waals surface area contributed by atoms with Crippen molar-refractivity contribution in [2.75, 3.05) is 9.80 Å². The molecule has 0 N–H and O–H groups in total. The van der Waals surface area contributed by atoms with Crippen LogP contribution in [0.15, 0.2) is 170 Å². The summed E-state index contributed by atoms with van der Waals surface area (Å²) >= 11 is 0. The number of nitrogens with zero attached hydrogens (tertiary/aromatic N) is 4. The van der Waals surface area contributed by atoms with Crippen LogP contribution in [0.1, 0.15) is 11.1 Å². The van der Waals surface area contributed by atoms with E-state index < -0.39 is 0 Å². The predicted molar refractivity (Wildman–Crippen MR) is 244 cm³/mol. The minimum atomic E-state index is 0. The van der Waals surface area contributed by atoms with Gasteiger partial charge in [-0.25, -0.2) is 4.98 Å². The number of hydrogen-bond donors (Lipinski definition) is 0. The van der Waals surface area contributed by atoms with Gasteiger partial charge in [0.05, 0.1) is 5.52 Å². The molecule has 5 nitrogen and oxygen atoms in total. The van der Waals surface area contributed by atoms with Gasteiger partial charge in [0, 0.05) is 71.3 Å². The maximum Gasteiger partial charge on any atom is 0.144 e. The Morgan fingerprint density at radius 1 is 0.550 bits per heavy atom. The fraction of sp³-hybridized carbons (Fsp3) is 0.0370. The van der Waals surface area contributed by atoms with Crippen LogP contribution in [0.5, 0.6) is 11.5 Å². The summed E-state index contributed by atoms with van der Waals surface area (Å²) in [6.45, 7) is 6.36. The first kappa shape index (κ1) is 36.2. The van der Waals surface area contributed by atoms with Crippen molar-refractivity contribution in [3.8, 4) is 17.3 Å². The van der Waals surface area contributed by atoms with Crippen molar-refractivity contribution in [3.05, 3.63) is 200 Å². The topological polar surface area (TPSA) is 33.5 Å². The minimum Gasteiger partial charge on any atom is -0.509 e. The standard InChI is InChI=1S/C54H35N4O.Pt/c1-34-23-28-47-44(29-34)45-30-35(2)51(59-40-18-12-17-39(31-40)57-33-56(38-15-4-3-5-16-38)48-21-10-11-22-49(48)57)32-50(45)58(47)54-43-26-24-36-13-6-8-19-41(36)52(43)53-42-20-9-7-14-37(42)25-27-46(53)55-54;/h3-30,33H,1-2H3;/q-3;. The zero-order valence-corrected chi connectivity index (χ0v) is 35.0.